The highest BCUT2D eigenvalue weighted by atomic mass is 35.5. The minimum Gasteiger partial charge on any atom is -0.445 e. The van der Waals surface area contributed by atoms with Crippen LogP contribution in [0.4, 0.5) is 4.79 Å². The third kappa shape index (κ3) is 11.2. The molecule has 0 radical (unpaired) electrons. The van der Waals surface area contributed by atoms with E-state index in [0.29, 0.717) is 6.42 Å². The Balaban J connectivity index is 1.98. The molecule has 0 heterocycles. The van der Waals surface area contributed by atoms with Crippen LogP contribution in [0.1, 0.15) is 24.0 Å². The number of hydrogen-bond donors (Lipinski definition) is 4. The van der Waals surface area contributed by atoms with Gasteiger partial charge in [-0.15, -0.1) is 11.6 Å². The number of nitrogens with one attached hydrogen (secondary N) is 2. The lowest BCUT2D eigenvalue weighted by atomic mass is 10.1. The van der Waals surface area contributed by atoms with Gasteiger partial charge in [-0.1, -0.05) is 60.7 Å². The normalized spacial score (nSPS) is 12.1. The number of ketones is 1. The minimum atomic E-state index is -0.998. The number of nitrogens with two attached hydrogens (primary N) is 2. The van der Waals surface area contributed by atoms with E-state index in [-0.39, 0.29) is 44.6 Å². The van der Waals surface area contributed by atoms with Gasteiger partial charge in [0, 0.05) is 6.54 Å². The van der Waals surface area contributed by atoms with E-state index in [4.69, 9.17) is 32.5 Å². The van der Waals surface area contributed by atoms with Crippen molar-refractivity contribution < 1.29 is 23.9 Å². The molecule has 0 aromatic heterocycles. The molecular formula is C25H32ClN5O5. The molecule has 0 fully saturated rings. The molecule has 2 rings (SSSR count). The smallest absolute Gasteiger partial charge is 0.408 e. The van der Waals surface area contributed by atoms with E-state index in [0.717, 1.165) is 11.1 Å². The minimum absolute atomic E-state index is 0.0374. The van der Waals surface area contributed by atoms with E-state index in [1.54, 1.807) is 0 Å². The monoisotopic (exact) mass is 517 g/mol. The van der Waals surface area contributed by atoms with Gasteiger partial charge < -0.3 is 31.6 Å². The number of halogens is 1. The second-order valence-corrected chi connectivity index (χ2v) is 8.14. The highest BCUT2D eigenvalue weighted by Crippen LogP contribution is 2.06. The molecule has 0 saturated heterocycles. The molecule has 0 spiro atoms. The average molecular weight is 518 g/mol. The zero-order chi connectivity index (χ0) is 26.2. The van der Waals surface area contributed by atoms with Crippen LogP contribution in [0, 0.1) is 0 Å². The van der Waals surface area contributed by atoms with Crippen molar-refractivity contribution in [2.45, 2.75) is 38.1 Å². The second kappa shape index (κ2) is 16.1. The van der Waals surface area contributed by atoms with Crippen LogP contribution in [0.5, 0.6) is 0 Å². The Bertz CT molecular complexity index is 987. The quantitative estimate of drug-likeness (QED) is 0.121. The predicted molar refractivity (Wildman–Crippen MR) is 137 cm³/mol. The number of rotatable bonds is 15. The zero-order valence-electron chi connectivity index (χ0n) is 19.9. The van der Waals surface area contributed by atoms with Gasteiger partial charge in [0.15, 0.2) is 11.7 Å². The van der Waals surface area contributed by atoms with E-state index in [1.165, 1.54) is 0 Å². The number of carbonyl (C=O) groups excluding carboxylic acids is 3. The van der Waals surface area contributed by atoms with Crippen LogP contribution < -0.4 is 22.1 Å². The number of hydrogen-bond acceptors (Lipinski definition) is 6. The Morgan fingerprint density at radius 3 is 2.08 bits per heavy atom. The fourth-order valence-electron chi connectivity index (χ4n) is 3.13. The molecular weight excluding hydrogens is 486 g/mol. The van der Waals surface area contributed by atoms with E-state index in [9.17, 15) is 14.4 Å². The standard InChI is InChI=1S/C25H32ClN5O5/c26-14-22(32)21(17-35-15-18-8-3-1-4-9-18)30-23(33)20(12-7-13-29-24(27)28)31-25(34)36-16-19-10-5-2-6-11-19/h1-6,8-11,20-21H,7,12-17H2,(H,30,33)(H,31,34)(H4,27,28,29). The average Bonchev–Trinajstić information content (AvgIpc) is 2.89. The summed E-state index contributed by atoms with van der Waals surface area (Å²) in [4.78, 5) is 41.6. The van der Waals surface area contributed by atoms with E-state index < -0.39 is 29.9 Å². The van der Waals surface area contributed by atoms with Crippen molar-refractivity contribution in [3.63, 3.8) is 0 Å². The first-order valence-corrected chi connectivity index (χ1v) is 12.0. The number of guanidine groups is 1. The van der Waals surface area contributed by atoms with Crippen molar-refractivity contribution in [1.29, 1.82) is 0 Å². The first kappa shape index (κ1) is 28.6. The summed E-state index contributed by atoms with van der Waals surface area (Å²) in [5, 5.41) is 5.18. The third-order valence-corrected chi connectivity index (χ3v) is 5.26. The van der Waals surface area contributed by atoms with Gasteiger partial charge in [0.25, 0.3) is 0 Å². The Morgan fingerprint density at radius 1 is 0.889 bits per heavy atom. The molecule has 0 bridgehead atoms. The van der Waals surface area contributed by atoms with Gasteiger partial charge in [-0.3, -0.25) is 14.6 Å². The maximum absolute atomic E-state index is 13.0. The molecule has 0 aliphatic rings. The van der Waals surface area contributed by atoms with Gasteiger partial charge in [-0.2, -0.15) is 0 Å². The fourth-order valence-corrected chi connectivity index (χ4v) is 3.32. The van der Waals surface area contributed by atoms with Crippen molar-refractivity contribution in [1.82, 2.24) is 10.6 Å². The van der Waals surface area contributed by atoms with Crippen LogP contribution in [0.3, 0.4) is 0 Å². The summed E-state index contributed by atoms with van der Waals surface area (Å²) in [5.74, 6) is -1.37. The summed E-state index contributed by atoms with van der Waals surface area (Å²) in [5.41, 5.74) is 12.4. The Labute approximate surface area is 215 Å². The maximum atomic E-state index is 13.0. The van der Waals surface area contributed by atoms with Gasteiger partial charge in [0.2, 0.25) is 5.91 Å². The summed E-state index contributed by atoms with van der Waals surface area (Å²) >= 11 is 5.74. The van der Waals surface area contributed by atoms with Crippen molar-refractivity contribution in [2.24, 2.45) is 16.5 Å². The fraction of sp³-hybridized carbons (Fsp3) is 0.360. The lowest BCUT2D eigenvalue weighted by molar-refractivity contribution is -0.129. The van der Waals surface area contributed by atoms with Crippen LogP contribution in [-0.2, 0) is 32.3 Å². The molecule has 2 atom stereocenters. The SMILES string of the molecule is NC(N)=NCCCC(NC(=O)OCc1ccccc1)C(=O)NC(COCc1ccccc1)C(=O)CCl. The van der Waals surface area contributed by atoms with Gasteiger partial charge >= 0.3 is 6.09 Å². The van der Waals surface area contributed by atoms with E-state index in [1.807, 2.05) is 60.7 Å². The predicted octanol–water partition coefficient (Wildman–Crippen LogP) is 1.84. The first-order chi connectivity index (χ1) is 17.4. The summed E-state index contributed by atoms with van der Waals surface area (Å²) in [6, 6.07) is 16.5. The molecule has 194 valence electrons. The van der Waals surface area contributed by atoms with Gasteiger partial charge in [-0.25, -0.2) is 4.79 Å². The summed E-state index contributed by atoms with van der Waals surface area (Å²) in [6.07, 6.45) is -0.176. The van der Waals surface area contributed by atoms with Crippen molar-refractivity contribution >= 4 is 35.3 Å². The lowest BCUT2D eigenvalue weighted by Gasteiger charge is -2.22. The summed E-state index contributed by atoms with van der Waals surface area (Å²) in [7, 11) is 0. The second-order valence-electron chi connectivity index (χ2n) is 7.87. The molecule has 2 amide bonds. The summed E-state index contributed by atoms with van der Waals surface area (Å²) in [6.45, 7) is 0.479. The van der Waals surface area contributed by atoms with Gasteiger partial charge in [0.05, 0.1) is 19.1 Å². The molecule has 36 heavy (non-hydrogen) atoms. The summed E-state index contributed by atoms with van der Waals surface area (Å²) < 4.78 is 10.9. The lowest BCUT2D eigenvalue weighted by Crippen LogP contribution is -2.53. The number of carbonyl (C=O) groups is 3. The topological polar surface area (TPSA) is 158 Å². The maximum Gasteiger partial charge on any atom is 0.408 e. The molecule has 0 aliphatic carbocycles. The zero-order valence-corrected chi connectivity index (χ0v) is 20.7. The molecule has 2 aromatic rings. The molecule has 2 unspecified atom stereocenters. The number of Topliss-reactive ketones (excluding diaryl/α,β-unsaturated/α-hetero) is 1. The number of benzene rings is 2. The number of alkyl carbamates (subject to hydrolysis) is 1. The van der Waals surface area contributed by atoms with E-state index >= 15 is 0 Å². The van der Waals surface area contributed by atoms with Crippen LogP contribution in [0.25, 0.3) is 0 Å². The van der Waals surface area contributed by atoms with Crippen LogP contribution >= 0.6 is 11.6 Å². The number of nitrogens with zero attached hydrogens (tertiary/aromatic N) is 1. The highest BCUT2D eigenvalue weighted by Gasteiger charge is 2.27. The van der Waals surface area contributed by atoms with Crippen LogP contribution in [-0.4, -0.2) is 54.9 Å². The Hall–Kier alpha value is -3.63. The number of aliphatic imine (C=N–C) groups is 1. The Morgan fingerprint density at radius 2 is 1.50 bits per heavy atom. The molecule has 11 heteroatoms. The molecule has 10 nitrogen and oxygen atoms in total. The van der Waals surface area contributed by atoms with Crippen LogP contribution in [0.2, 0.25) is 0 Å². The Kier molecular flexibility index (Phi) is 12.8. The van der Waals surface area contributed by atoms with Gasteiger partial charge in [0.1, 0.15) is 18.7 Å². The van der Waals surface area contributed by atoms with Crippen molar-refractivity contribution in [2.75, 3.05) is 19.0 Å². The third-order valence-electron chi connectivity index (χ3n) is 5.00. The van der Waals surface area contributed by atoms with Crippen molar-refractivity contribution in [3.05, 3.63) is 71.8 Å². The van der Waals surface area contributed by atoms with Crippen LogP contribution in [0.15, 0.2) is 65.7 Å². The molecule has 0 saturated carbocycles. The van der Waals surface area contributed by atoms with E-state index in [2.05, 4.69) is 15.6 Å². The van der Waals surface area contributed by atoms with Crippen molar-refractivity contribution in [3.8, 4) is 0 Å². The number of alkyl halides is 1. The molecule has 0 aliphatic heterocycles. The first-order valence-electron chi connectivity index (χ1n) is 11.4. The number of ether oxygens (including phenoxy) is 2. The van der Waals surface area contributed by atoms with Gasteiger partial charge in [-0.05, 0) is 24.0 Å². The largest absolute Gasteiger partial charge is 0.445 e. The molecule has 2 aromatic carbocycles. The number of amides is 2. The highest BCUT2D eigenvalue weighted by molar-refractivity contribution is 6.28. The molecule has 6 N–H and O–H groups in total.